The number of nitrogens with two attached hydrogens (primary N) is 2. The van der Waals surface area contributed by atoms with E-state index in [0.717, 1.165) is 33.6 Å². The first-order valence-corrected chi connectivity index (χ1v) is 6.55. The molecule has 0 amide bonds. The first-order valence-electron chi connectivity index (χ1n) is 6.55. The largest absolute Gasteiger partial charge is 0.399 e. The van der Waals surface area contributed by atoms with Crippen molar-refractivity contribution in [2.45, 2.75) is 0 Å². The number of para-hydroxylation sites is 1. The molecule has 20 heavy (non-hydrogen) atoms. The van der Waals surface area contributed by atoms with Gasteiger partial charge in [0, 0.05) is 16.9 Å². The van der Waals surface area contributed by atoms with Gasteiger partial charge in [-0.05, 0) is 34.9 Å². The Kier molecular flexibility index (Phi) is 3.13. The van der Waals surface area contributed by atoms with Crippen LogP contribution in [-0.4, -0.2) is 0 Å². The Labute approximate surface area is 118 Å². The van der Waals surface area contributed by atoms with Crippen molar-refractivity contribution in [2.75, 3.05) is 11.5 Å². The van der Waals surface area contributed by atoms with Crippen LogP contribution in [0, 0.1) is 0 Å². The molecule has 0 fully saturated rings. The Bertz CT molecular complexity index is 733. The van der Waals surface area contributed by atoms with E-state index in [1.807, 2.05) is 60.7 Å². The molecule has 3 aromatic rings. The highest BCUT2D eigenvalue weighted by atomic mass is 14.6. The summed E-state index contributed by atoms with van der Waals surface area (Å²) in [7, 11) is 0. The van der Waals surface area contributed by atoms with E-state index in [0.29, 0.717) is 0 Å². The van der Waals surface area contributed by atoms with Gasteiger partial charge in [-0.2, -0.15) is 0 Å². The standard InChI is InChI=1S/C18H16N2/c19-14-10-11-15(13-6-2-1-3-7-13)17(12-14)16-8-4-5-9-18(16)20/h1-12H,19-20H2. The van der Waals surface area contributed by atoms with Crippen molar-refractivity contribution in [3.05, 3.63) is 72.8 Å². The van der Waals surface area contributed by atoms with Crippen molar-refractivity contribution in [3.8, 4) is 22.3 Å². The van der Waals surface area contributed by atoms with E-state index in [1.54, 1.807) is 0 Å². The van der Waals surface area contributed by atoms with Gasteiger partial charge in [0.15, 0.2) is 0 Å². The Morgan fingerprint density at radius 2 is 1.25 bits per heavy atom. The highest BCUT2D eigenvalue weighted by molar-refractivity contribution is 5.90. The smallest absolute Gasteiger partial charge is 0.0393 e. The molecule has 0 radical (unpaired) electrons. The SMILES string of the molecule is Nc1ccc(-c2ccccc2)c(-c2ccccc2N)c1. The lowest BCUT2D eigenvalue weighted by Crippen LogP contribution is -1.93. The van der Waals surface area contributed by atoms with Crippen molar-refractivity contribution in [1.29, 1.82) is 0 Å². The van der Waals surface area contributed by atoms with Crippen LogP contribution in [0.1, 0.15) is 0 Å². The van der Waals surface area contributed by atoms with Crippen LogP contribution in [0.3, 0.4) is 0 Å². The fourth-order valence-corrected chi connectivity index (χ4v) is 2.40. The van der Waals surface area contributed by atoms with Gasteiger partial charge in [-0.15, -0.1) is 0 Å². The molecular weight excluding hydrogens is 244 g/mol. The van der Waals surface area contributed by atoms with Crippen LogP contribution in [0.2, 0.25) is 0 Å². The average molecular weight is 260 g/mol. The van der Waals surface area contributed by atoms with Gasteiger partial charge in [0.2, 0.25) is 0 Å². The molecule has 3 rings (SSSR count). The second kappa shape index (κ2) is 5.10. The van der Waals surface area contributed by atoms with Gasteiger partial charge in [-0.3, -0.25) is 0 Å². The fraction of sp³-hybridized carbons (Fsp3) is 0. The van der Waals surface area contributed by atoms with Gasteiger partial charge < -0.3 is 11.5 Å². The minimum Gasteiger partial charge on any atom is -0.399 e. The van der Waals surface area contributed by atoms with E-state index in [1.165, 1.54) is 0 Å². The molecular formula is C18H16N2. The zero-order valence-electron chi connectivity index (χ0n) is 11.1. The molecule has 3 aromatic carbocycles. The van der Waals surface area contributed by atoms with E-state index in [-0.39, 0.29) is 0 Å². The van der Waals surface area contributed by atoms with Crippen LogP contribution >= 0.6 is 0 Å². The fourth-order valence-electron chi connectivity index (χ4n) is 2.40. The quantitative estimate of drug-likeness (QED) is 0.679. The summed E-state index contributed by atoms with van der Waals surface area (Å²) in [6.45, 7) is 0. The summed E-state index contributed by atoms with van der Waals surface area (Å²) in [6.07, 6.45) is 0. The number of anilines is 2. The van der Waals surface area contributed by atoms with E-state index in [4.69, 9.17) is 11.5 Å². The van der Waals surface area contributed by atoms with Gasteiger partial charge >= 0.3 is 0 Å². The molecule has 2 heteroatoms. The maximum Gasteiger partial charge on any atom is 0.0393 e. The predicted molar refractivity (Wildman–Crippen MR) is 86.1 cm³/mol. The van der Waals surface area contributed by atoms with Crippen molar-refractivity contribution in [2.24, 2.45) is 0 Å². The Hall–Kier alpha value is -2.74. The summed E-state index contributed by atoms with van der Waals surface area (Å²) < 4.78 is 0. The molecule has 0 atom stereocenters. The molecule has 0 aliphatic carbocycles. The number of nitrogen functional groups attached to an aromatic ring is 2. The summed E-state index contributed by atoms with van der Waals surface area (Å²) in [5.41, 5.74) is 17.9. The summed E-state index contributed by atoms with van der Waals surface area (Å²) in [6, 6.07) is 24.1. The lowest BCUT2D eigenvalue weighted by Gasteiger charge is -2.13. The van der Waals surface area contributed by atoms with E-state index in [9.17, 15) is 0 Å². The number of hydrogen-bond acceptors (Lipinski definition) is 2. The highest BCUT2D eigenvalue weighted by Crippen LogP contribution is 2.36. The topological polar surface area (TPSA) is 52.0 Å². The molecule has 0 unspecified atom stereocenters. The minimum atomic E-state index is 0.739. The summed E-state index contributed by atoms with van der Waals surface area (Å²) in [5.74, 6) is 0. The summed E-state index contributed by atoms with van der Waals surface area (Å²) >= 11 is 0. The van der Waals surface area contributed by atoms with Gasteiger partial charge in [-0.25, -0.2) is 0 Å². The van der Waals surface area contributed by atoms with Crippen LogP contribution in [-0.2, 0) is 0 Å². The van der Waals surface area contributed by atoms with Crippen molar-refractivity contribution >= 4 is 11.4 Å². The summed E-state index contributed by atoms with van der Waals surface area (Å²) in [5, 5.41) is 0. The minimum absolute atomic E-state index is 0.739. The van der Waals surface area contributed by atoms with Gasteiger partial charge in [-0.1, -0.05) is 54.6 Å². The monoisotopic (exact) mass is 260 g/mol. The lowest BCUT2D eigenvalue weighted by molar-refractivity contribution is 1.57. The predicted octanol–water partition coefficient (Wildman–Crippen LogP) is 4.19. The van der Waals surface area contributed by atoms with Crippen LogP contribution in [0.15, 0.2) is 72.8 Å². The van der Waals surface area contributed by atoms with Crippen molar-refractivity contribution < 1.29 is 0 Å². The third-order valence-electron chi connectivity index (χ3n) is 3.38. The molecule has 0 spiro atoms. The maximum atomic E-state index is 6.11. The number of hydrogen-bond donors (Lipinski definition) is 2. The first kappa shape index (κ1) is 12.3. The van der Waals surface area contributed by atoms with E-state index >= 15 is 0 Å². The number of rotatable bonds is 2. The molecule has 0 aromatic heterocycles. The lowest BCUT2D eigenvalue weighted by atomic mass is 9.93. The molecule has 0 saturated heterocycles. The third-order valence-corrected chi connectivity index (χ3v) is 3.38. The van der Waals surface area contributed by atoms with Crippen LogP contribution in [0.4, 0.5) is 11.4 Å². The van der Waals surface area contributed by atoms with E-state index in [2.05, 4.69) is 12.1 Å². The van der Waals surface area contributed by atoms with Crippen LogP contribution in [0.5, 0.6) is 0 Å². The van der Waals surface area contributed by atoms with Crippen molar-refractivity contribution in [3.63, 3.8) is 0 Å². The van der Waals surface area contributed by atoms with Gasteiger partial charge in [0.05, 0.1) is 0 Å². The zero-order chi connectivity index (χ0) is 13.9. The summed E-state index contributed by atoms with van der Waals surface area (Å²) in [4.78, 5) is 0. The average Bonchev–Trinajstić information content (AvgIpc) is 2.48. The molecule has 0 heterocycles. The normalized spacial score (nSPS) is 10.4. The molecule has 4 N–H and O–H groups in total. The molecule has 0 aliphatic rings. The van der Waals surface area contributed by atoms with Crippen molar-refractivity contribution in [1.82, 2.24) is 0 Å². The Morgan fingerprint density at radius 3 is 2.00 bits per heavy atom. The van der Waals surface area contributed by atoms with Crippen LogP contribution in [0.25, 0.3) is 22.3 Å². The van der Waals surface area contributed by atoms with Gasteiger partial charge in [0.25, 0.3) is 0 Å². The van der Waals surface area contributed by atoms with E-state index < -0.39 is 0 Å². The Morgan fingerprint density at radius 1 is 0.550 bits per heavy atom. The second-order valence-corrected chi connectivity index (χ2v) is 4.76. The molecule has 2 nitrogen and oxygen atoms in total. The molecule has 98 valence electrons. The highest BCUT2D eigenvalue weighted by Gasteiger charge is 2.09. The Balaban J connectivity index is 2.25. The molecule has 0 aliphatic heterocycles. The number of benzene rings is 3. The zero-order valence-corrected chi connectivity index (χ0v) is 11.1. The second-order valence-electron chi connectivity index (χ2n) is 4.76. The van der Waals surface area contributed by atoms with Crippen LogP contribution < -0.4 is 11.5 Å². The van der Waals surface area contributed by atoms with Gasteiger partial charge in [0.1, 0.15) is 0 Å². The molecule has 0 saturated carbocycles. The third kappa shape index (κ3) is 2.24. The maximum absolute atomic E-state index is 6.11. The first-order chi connectivity index (χ1) is 9.75. The molecule has 0 bridgehead atoms.